The molecule has 0 aliphatic carbocycles. The molecule has 1 aliphatic heterocycles. The zero-order valence-corrected chi connectivity index (χ0v) is 14.5. The number of hydrogen-bond acceptors (Lipinski definition) is 5. The highest BCUT2D eigenvalue weighted by atomic mass is 32.2. The molecule has 1 atom stereocenters. The topological polar surface area (TPSA) is 82.4 Å². The van der Waals surface area contributed by atoms with E-state index in [0.717, 1.165) is 0 Å². The van der Waals surface area contributed by atoms with Gasteiger partial charge in [0.1, 0.15) is 6.04 Å². The van der Waals surface area contributed by atoms with Gasteiger partial charge in [0, 0.05) is 31.1 Å². The van der Waals surface area contributed by atoms with Crippen LogP contribution in [-0.2, 0) is 14.3 Å². The Kier molecular flexibility index (Phi) is 7.09. The van der Waals surface area contributed by atoms with E-state index in [4.69, 9.17) is 10.00 Å². The Balaban J connectivity index is 1.89. The molecule has 0 radical (unpaired) electrons. The van der Waals surface area contributed by atoms with Crippen LogP contribution in [0.15, 0.2) is 24.3 Å². The summed E-state index contributed by atoms with van der Waals surface area (Å²) >= 11 is 1.58. The number of nitrogens with zero attached hydrogens (tertiary/aromatic N) is 2. The van der Waals surface area contributed by atoms with E-state index in [2.05, 4.69) is 5.32 Å². The van der Waals surface area contributed by atoms with Gasteiger partial charge in [0.15, 0.2) is 0 Å². The zero-order valence-electron chi connectivity index (χ0n) is 13.7. The lowest BCUT2D eigenvalue weighted by molar-refractivity contribution is -0.136. The number of carbonyl (C=O) groups excluding carboxylic acids is 2. The summed E-state index contributed by atoms with van der Waals surface area (Å²) in [6.07, 6.45) is 1.05. The van der Waals surface area contributed by atoms with E-state index in [1.165, 1.54) is 0 Å². The third-order valence-corrected chi connectivity index (χ3v) is 4.68. The summed E-state index contributed by atoms with van der Waals surface area (Å²) in [5, 5.41) is 11.6. The monoisotopic (exact) mass is 347 g/mol. The minimum atomic E-state index is -0.453. The molecular weight excluding hydrogens is 326 g/mol. The lowest BCUT2D eigenvalue weighted by Crippen LogP contribution is -2.44. The average molecular weight is 347 g/mol. The smallest absolute Gasteiger partial charge is 0.248 e. The lowest BCUT2D eigenvalue weighted by atomic mass is 10.2. The van der Waals surface area contributed by atoms with Crippen LogP contribution in [0.1, 0.15) is 25.3 Å². The van der Waals surface area contributed by atoms with Gasteiger partial charge in [0.25, 0.3) is 0 Å². The van der Waals surface area contributed by atoms with Gasteiger partial charge >= 0.3 is 0 Å². The number of hydrogen-bond donors (Lipinski definition) is 1. The molecule has 128 valence electrons. The summed E-state index contributed by atoms with van der Waals surface area (Å²) in [6, 6.07) is 8.25. The van der Waals surface area contributed by atoms with E-state index in [9.17, 15) is 9.59 Å². The van der Waals surface area contributed by atoms with Gasteiger partial charge in [-0.25, -0.2) is 0 Å². The van der Waals surface area contributed by atoms with Crippen LogP contribution in [0.25, 0.3) is 0 Å². The standard InChI is InChI=1S/C17H21N3O3S/c1-2-23-9-3-4-16(21)20-12-24-11-15(20)17(22)19-14-7-5-13(10-18)6-8-14/h5-8,15H,2-4,9,11-12H2,1H3,(H,19,22)/t15-/m1/s1. The van der Waals surface area contributed by atoms with Crippen LogP contribution in [0.2, 0.25) is 0 Å². The molecule has 0 saturated carbocycles. The second-order valence-electron chi connectivity index (χ2n) is 5.36. The predicted octanol–water partition coefficient (Wildman–Crippen LogP) is 2.21. The first-order valence-electron chi connectivity index (χ1n) is 7.91. The highest BCUT2D eigenvalue weighted by molar-refractivity contribution is 7.99. The normalized spacial score (nSPS) is 16.7. The van der Waals surface area contributed by atoms with Gasteiger partial charge in [-0.2, -0.15) is 5.26 Å². The number of nitrogens with one attached hydrogen (secondary N) is 1. The summed E-state index contributed by atoms with van der Waals surface area (Å²) in [6.45, 7) is 3.12. The van der Waals surface area contributed by atoms with Gasteiger partial charge in [-0.3, -0.25) is 9.59 Å². The van der Waals surface area contributed by atoms with E-state index in [0.29, 0.717) is 48.9 Å². The fourth-order valence-corrected chi connectivity index (χ4v) is 3.55. The number of amides is 2. The van der Waals surface area contributed by atoms with Gasteiger partial charge in [-0.05, 0) is 37.6 Å². The van der Waals surface area contributed by atoms with Crippen LogP contribution in [0.4, 0.5) is 5.69 Å². The molecule has 0 bridgehead atoms. The zero-order chi connectivity index (χ0) is 17.4. The SMILES string of the molecule is CCOCCCC(=O)N1CSC[C@@H]1C(=O)Nc1ccc(C#N)cc1. The fraction of sp³-hybridized carbons (Fsp3) is 0.471. The van der Waals surface area contributed by atoms with E-state index < -0.39 is 6.04 Å². The number of nitriles is 1. The third-order valence-electron chi connectivity index (χ3n) is 3.67. The Bertz CT molecular complexity index is 613. The summed E-state index contributed by atoms with van der Waals surface area (Å²) < 4.78 is 5.24. The van der Waals surface area contributed by atoms with Crippen molar-refractivity contribution in [1.82, 2.24) is 4.90 Å². The van der Waals surface area contributed by atoms with Crippen LogP contribution < -0.4 is 5.32 Å². The van der Waals surface area contributed by atoms with Crippen LogP contribution in [0.3, 0.4) is 0 Å². The van der Waals surface area contributed by atoms with Crippen molar-refractivity contribution in [2.45, 2.75) is 25.8 Å². The molecule has 1 fully saturated rings. The number of rotatable bonds is 7. The molecule has 2 amide bonds. The maximum absolute atomic E-state index is 12.5. The first-order valence-corrected chi connectivity index (χ1v) is 9.07. The molecule has 1 heterocycles. The summed E-state index contributed by atoms with van der Waals surface area (Å²) in [4.78, 5) is 26.4. The van der Waals surface area contributed by atoms with Crippen molar-refractivity contribution < 1.29 is 14.3 Å². The van der Waals surface area contributed by atoms with Crippen LogP contribution in [-0.4, -0.2) is 47.6 Å². The molecular formula is C17H21N3O3S. The van der Waals surface area contributed by atoms with Crippen LogP contribution >= 0.6 is 11.8 Å². The molecule has 1 aromatic carbocycles. The molecule has 0 spiro atoms. The minimum absolute atomic E-state index is 0.0142. The fourth-order valence-electron chi connectivity index (χ4n) is 2.37. The van der Waals surface area contributed by atoms with Gasteiger partial charge in [-0.1, -0.05) is 0 Å². The molecule has 24 heavy (non-hydrogen) atoms. The highest BCUT2D eigenvalue weighted by Gasteiger charge is 2.34. The second kappa shape index (κ2) is 9.30. The first kappa shape index (κ1) is 18.3. The van der Waals surface area contributed by atoms with E-state index in [1.807, 2.05) is 13.0 Å². The van der Waals surface area contributed by atoms with Crippen molar-refractivity contribution in [2.24, 2.45) is 0 Å². The van der Waals surface area contributed by atoms with Crippen molar-refractivity contribution in [2.75, 3.05) is 30.2 Å². The molecule has 0 unspecified atom stereocenters. The number of carbonyl (C=O) groups is 2. The van der Waals surface area contributed by atoms with Crippen molar-refractivity contribution in [1.29, 1.82) is 5.26 Å². The highest BCUT2D eigenvalue weighted by Crippen LogP contribution is 2.23. The molecule has 1 aliphatic rings. The quantitative estimate of drug-likeness (QED) is 0.765. The molecule has 1 saturated heterocycles. The van der Waals surface area contributed by atoms with Gasteiger partial charge in [0.05, 0.1) is 17.5 Å². The molecule has 2 rings (SSSR count). The molecule has 0 aromatic heterocycles. The lowest BCUT2D eigenvalue weighted by Gasteiger charge is -2.23. The largest absolute Gasteiger partial charge is 0.382 e. The number of thioether (sulfide) groups is 1. The average Bonchev–Trinajstić information content (AvgIpc) is 3.09. The first-order chi connectivity index (χ1) is 11.7. The Morgan fingerprint density at radius 2 is 2.17 bits per heavy atom. The molecule has 6 nitrogen and oxygen atoms in total. The van der Waals surface area contributed by atoms with Crippen LogP contribution in [0, 0.1) is 11.3 Å². The van der Waals surface area contributed by atoms with Crippen molar-refractivity contribution in [3.05, 3.63) is 29.8 Å². The summed E-state index contributed by atoms with van der Waals surface area (Å²) in [7, 11) is 0. The Hall–Kier alpha value is -2.04. The van der Waals surface area contributed by atoms with E-state index >= 15 is 0 Å². The third kappa shape index (κ3) is 4.98. The number of benzene rings is 1. The summed E-state index contributed by atoms with van der Waals surface area (Å²) in [5.41, 5.74) is 1.16. The van der Waals surface area contributed by atoms with Gasteiger partial charge in [-0.15, -0.1) is 11.8 Å². The summed E-state index contributed by atoms with van der Waals surface area (Å²) in [5.74, 6) is 0.931. The maximum atomic E-state index is 12.5. The van der Waals surface area contributed by atoms with Crippen LogP contribution in [0.5, 0.6) is 0 Å². The Labute approximate surface area is 146 Å². The van der Waals surface area contributed by atoms with Gasteiger partial charge in [0.2, 0.25) is 11.8 Å². The van der Waals surface area contributed by atoms with E-state index in [-0.39, 0.29) is 11.8 Å². The molecule has 7 heteroatoms. The van der Waals surface area contributed by atoms with Crippen molar-refractivity contribution >= 4 is 29.3 Å². The van der Waals surface area contributed by atoms with E-state index in [1.54, 1.807) is 40.9 Å². The Morgan fingerprint density at radius 3 is 2.83 bits per heavy atom. The molecule has 1 N–H and O–H groups in total. The Morgan fingerprint density at radius 1 is 1.42 bits per heavy atom. The second-order valence-corrected chi connectivity index (χ2v) is 6.36. The molecule has 1 aromatic rings. The number of ether oxygens (including phenoxy) is 1. The minimum Gasteiger partial charge on any atom is -0.382 e. The van der Waals surface area contributed by atoms with Gasteiger partial charge < -0.3 is 15.0 Å². The maximum Gasteiger partial charge on any atom is 0.248 e. The van der Waals surface area contributed by atoms with Crippen molar-refractivity contribution in [3.63, 3.8) is 0 Å². The van der Waals surface area contributed by atoms with Crippen molar-refractivity contribution in [3.8, 4) is 6.07 Å². The number of anilines is 1. The predicted molar refractivity (Wildman–Crippen MR) is 93.5 cm³/mol.